The van der Waals surface area contributed by atoms with Crippen molar-refractivity contribution in [2.45, 2.75) is 51.7 Å². The van der Waals surface area contributed by atoms with Crippen molar-refractivity contribution in [2.75, 3.05) is 0 Å². The van der Waals surface area contributed by atoms with E-state index in [1.165, 1.54) is 37.7 Å². The first-order valence-corrected chi connectivity index (χ1v) is 20.2. The Morgan fingerprint density at radius 1 is 0.729 bits per heavy atom. The van der Waals surface area contributed by atoms with Gasteiger partial charge in [0.05, 0.1) is 13.7 Å². The van der Waals surface area contributed by atoms with Crippen molar-refractivity contribution in [2.24, 2.45) is 5.92 Å². The molecular formula is C43H40IrN2OSi-2. The summed E-state index contributed by atoms with van der Waals surface area (Å²) in [5.41, 5.74) is 9.55. The molecular weight excluding hydrogens is 781 g/mol. The molecule has 1 saturated carbocycles. The Balaban J connectivity index is 0.000000165. The molecule has 1 radical (unpaired) electrons. The van der Waals surface area contributed by atoms with E-state index in [1.807, 2.05) is 54.6 Å². The van der Waals surface area contributed by atoms with E-state index in [-0.39, 0.29) is 20.1 Å². The molecule has 3 nitrogen and oxygen atoms in total. The van der Waals surface area contributed by atoms with Crippen LogP contribution in [0.5, 0.6) is 0 Å². The molecule has 0 amide bonds. The third-order valence-corrected chi connectivity index (χ3v) is 11.3. The van der Waals surface area contributed by atoms with Crippen LogP contribution in [0.15, 0.2) is 126 Å². The van der Waals surface area contributed by atoms with Gasteiger partial charge in [-0.15, -0.1) is 54.1 Å². The number of benzene rings is 4. The van der Waals surface area contributed by atoms with Gasteiger partial charge in [0, 0.05) is 37.9 Å². The van der Waals surface area contributed by atoms with E-state index in [9.17, 15) is 0 Å². The number of rotatable bonds is 6. The molecule has 4 aromatic carbocycles. The minimum atomic E-state index is -1.35. The Kier molecular flexibility index (Phi) is 10.5. The van der Waals surface area contributed by atoms with Crippen LogP contribution >= 0.6 is 0 Å². The Morgan fingerprint density at radius 2 is 1.52 bits per heavy atom. The third kappa shape index (κ3) is 7.44. The van der Waals surface area contributed by atoms with Crippen molar-refractivity contribution in [1.29, 1.82) is 0 Å². The standard InChI is InChI=1S/C23H14NO.C20H26NSi.Ir/c1-2-7-16(8-3-1)17-12-13-18-19-9-6-10-20(21-11-4-5-14-24-21)23(19)25-22(18)15-17;1-22(2,3)20-15-21-19(17-11-5-4-6-12-17)14-18(20)13-16-9-7-8-10-16;/h1-9,11-15H;4-6,11,14-16H,7-10,13H2,1-3H3;/q2*-1;. The summed E-state index contributed by atoms with van der Waals surface area (Å²) < 4.78 is 6.23. The van der Waals surface area contributed by atoms with Gasteiger partial charge in [-0.1, -0.05) is 123 Å². The van der Waals surface area contributed by atoms with Crippen LogP contribution in [0.3, 0.4) is 0 Å². The van der Waals surface area contributed by atoms with Gasteiger partial charge in [-0.25, -0.2) is 0 Å². The van der Waals surface area contributed by atoms with Gasteiger partial charge >= 0.3 is 0 Å². The summed E-state index contributed by atoms with van der Waals surface area (Å²) in [7, 11) is -1.35. The molecule has 3 heterocycles. The second kappa shape index (κ2) is 14.9. The molecule has 48 heavy (non-hydrogen) atoms. The molecule has 0 aliphatic heterocycles. The number of furan rings is 1. The molecule has 0 bridgehead atoms. The van der Waals surface area contributed by atoms with E-state index in [1.54, 1.807) is 16.9 Å². The maximum absolute atomic E-state index is 6.23. The topological polar surface area (TPSA) is 38.9 Å². The summed E-state index contributed by atoms with van der Waals surface area (Å²) in [5, 5.41) is 3.74. The molecule has 0 N–H and O–H groups in total. The quantitative estimate of drug-likeness (QED) is 0.124. The van der Waals surface area contributed by atoms with Crippen molar-refractivity contribution < 1.29 is 24.5 Å². The number of fused-ring (bicyclic) bond motifs is 3. The largest absolute Gasteiger partial charge is 0.501 e. The molecule has 0 spiro atoms. The van der Waals surface area contributed by atoms with Crippen LogP contribution in [0.2, 0.25) is 19.6 Å². The first-order chi connectivity index (χ1) is 22.9. The maximum atomic E-state index is 6.23. The minimum absolute atomic E-state index is 0. The first kappa shape index (κ1) is 33.7. The molecule has 1 aliphatic rings. The van der Waals surface area contributed by atoms with Gasteiger partial charge < -0.3 is 14.4 Å². The van der Waals surface area contributed by atoms with Crippen molar-refractivity contribution in [3.63, 3.8) is 0 Å². The van der Waals surface area contributed by atoms with Gasteiger partial charge in [0.2, 0.25) is 0 Å². The molecule has 7 aromatic rings. The fraction of sp³-hybridized carbons (Fsp3) is 0.209. The second-order valence-electron chi connectivity index (χ2n) is 13.6. The van der Waals surface area contributed by atoms with Crippen molar-refractivity contribution in [1.82, 2.24) is 9.97 Å². The van der Waals surface area contributed by atoms with Crippen molar-refractivity contribution >= 4 is 35.2 Å². The monoisotopic (exact) mass is 821 g/mol. The predicted molar refractivity (Wildman–Crippen MR) is 198 cm³/mol. The molecule has 243 valence electrons. The fourth-order valence-corrected chi connectivity index (χ4v) is 8.41. The summed E-state index contributed by atoms with van der Waals surface area (Å²) in [6.45, 7) is 7.28. The van der Waals surface area contributed by atoms with Crippen LogP contribution in [0.4, 0.5) is 0 Å². The number of pyridine rings is 2. The zero-order chi connectivity index (χ0) is 32.2. The summed E-state index contributed by atoms with van der Waals surface area (Å²) >= 11 is 0. The van der Waals surface area contributed by atoms with E-state index in [2.05, 4.69) is 97.6 Å². The summed E-state index contributed by atoms with van der Waals surface area (Å²) in [4.78, 5) is 9.20. The van der Waals surface area contributed by atoms with E-state index < -0.39 is 8.07 Å². The number of hydrogen-bond donors (Lipinski definition) is 0. The van der Waals surface area contributed by atoms with Crippen LogP contribution in [0.25, 0.3) is 55.6 Å². The maximum Gasteiger partial charge on any atom is 0.121 e. The molecule has 8 rings (SSSR count). The van der Waals surface area contributed by atoms with Crippen LogP contribution < -0.4 is 5.19 Å². The van der Waals surface area contributed by atoms with Crippen LogP contribution in [0, 0.1) is 18.1 Å². The number of hydrogen-bond acceptors (Lipinski definition) is 3. The van der Waals surface area contributed by atoms with E-state index in [4.69, 9.17) is 9.40 Å². The zero-order valence-electron chi connectivity index (χ0n) is 27.8. The smallest absolute Gasteiger partial charge is 0.121 e. The van der Waals surface area contributed by atoms with Crippen molar-refractivity contribution in [3.8, 4) is 33.6 Å². The molecule has 0 saturated heterocycles. The van der Waals surface area contributed by atoms with Gasteiger partial charge in [0.25, 0.3) is 0 Å². The van der Waals surface area contributed by atoms with E-state index >= 15 is 0 Å². The van der Waals surface area contributed by atoms with Crippen LogP contribution in [0.1, 0.15) is 31.2 Å². The van der Waals surface area contributed by atoms with Crippen LogP contribution in [-0.4, -0.2) is 18.0 Å². The molecule has 1 aliphatic carbocycles. The van der Waals surface area contributed by atoms with Gasteiger partial charge in [-0.2, -0.15) is 0 Å². The van der Waals surface area contributed by atoms with Gasteiger partial charge in [0.1, 0.15) is 5.58 Å². The second-order valence-corrected chi connectivity index (χ2v) is 18.6. The average molecular weight is 821 g/mol. The summed E-state index contributed by atoms with van der Waals surface area (Å²) in [5.74, 6) is 0.880. The summed E-state index contributed by atoms with van der Waals surface area (Å²) in [6.07, 6.45) is 10.8. The Bertz CT molecular complexity index is 2100. The van der Waals surface area contributed by atoms with E-state index in [0.717, 1.165) is 55.9 Å². The predicted octanol–water partition coefficient (Wildman–Crippen LogP) is 10.9. The Labute approximate surface area is 298 Å². The Hall–Kier alpha value is -4.15. The van der Waals surface area contributed by atoms with Crippen molar-refractivity contribution in [3.05, 3.63) is 139 Å². The third-order valence-electron chi connectivity index (χ3n) is 9.23. The summed E-state index contributed by atoms with van der Waals surface area (Å²) in [6, 6.07) is 43.7. The number of nitrogens with zero attached hydrogens (tertiary/aromatic N) is 2. The molecule has 5 heteroatoms. The average Bonchev–Trinajstić information content (AvgIpc) is 3.76. The zero-order valence-corrected chi connectivity index (χ0v) is 31.2. The van der Waals surface area contributed by atoms with Crippen LogP contribution in [-0.2, 0) is 26.5 Å². The normalized spacial score (nSPS) is 13.2. The SMILES string of the molecule is C[Si](C)(C)c1cnc(-c2[c-]cccc2)cc1CC1CCCC1.[Ir].[c-]1ccc2c(oc3cc(-c4ccccc4)ccc32)c1-c1ccccn1. The fourth-order valence-electron chi connectivity index (χ4n) is 6.82. The minimum Gasteiger partial charge on any atom is -0.501 e. The molecule has 1 fully saturated rings. The number of aromatic nitrogens is 2. The Morgan fingerprint density at radius 3 is 2.25 bits per heavy atom. The molecule has 3 aromatic heterocycles. The molecule has 0 unspecified atom stereocenters. The van der Waals surface area contributed by atoms with E-state index in [0.29, 0.717) is 0 Å². The van der Waals surface area contributed by atoms with Gasteiger partial charge in [-0.3, -0.25) is 0 Å². The first-order valence-electron chi connectivity index (χ1n) is 16.7. The molecule has 0 atom stereocenters. The van der Waals surface area contributed by atoms with Gasteiger partial charge in [0.15, 0.2) is 0 Å². The van der Waals surface area contributed by atoms with Gasteiger partial charge in [-0.05, 0) is 52.2 Å².